The van der Waals surface area contributed by atoms with Gasteiger partial charge in [0.15, 0.2) is 11.7 Å². The van der Waals surface area contributed by atoms with Gasteiger partial charge < -0.3 is 15.0 Å². The molecule has 0 bridgehead atoms. The maximum Gasteiger partial charge on any atom is 0.422 e. The van der Waals surface area contributed by atoms with Crippen molar-refractivity contribution in [3.63, 3.8) is 0 Å². The van der Waals surface area contributed by atoms with Crippen molar-refractivity contribution in [3.8, 4) is 0 Å². The first-order valence-corrected chi connectivity index (χ1v) is 9.61. The Morgan fingerprint density at radius 3 is 2.61 bits per heavy atom. The molecule has 1 fully saturated rings. The van der Waals surface area contributed by atoms with Gasteiger partial charge in [0.1, 0.15) is 0 Å². The summed E-state index contributed by atoms with van der Waals surface area (Å²) in [5.41, 5.74) is 3.02. The summed E-state index contributed by atoms with van der Waals surface area (Å²) in [6.45, 7) is 2.70. The number of piperidine rings is 1. The summed E-state index contributed by atoms with van der Waals surface area (Å²) in [6, 6.07) is 4.04. The SMILES string of the molecule is Cc1cc(C)c2nc(NC(=O)C3CCN(C(=O)OCC(F)(F)F)CC3)sc2c1. The third-order valence-corrected chi connectivity index (χ3v) is 5.46. The Morgan fingerprint density at radius 1 is 1.29 bits per heavy atom. The Bertz CT molecular complexity index is 889. The summed E-state index contributed by atoms with van der Waals surface area (Å²) in [5, 5.41) is 3.34. The van der Waals surface area contributed by atoms with Crippen LogP contribution in [0.4, 0.5) is 23.1 Å². The Hall–Kier alpha value is -2.36. The predicted molar refractivity (Wildman–Crippen MR) is 99.4 cm³/mol. The van der Waals surface area contributed by atoms with E-state index in [1.54, 1.807) is 0 Å². The lowest BCUT2D eigenvalue weighted by Crippen LogP contribution is -2.42. The zero-order valence-electron chi connectivity index (χ0n) is 15.4. The molecule has 1 N–H and O–H groups in total. The average molecular weight is 415 g/mol. The maximum atomic E-state index is 12.5. The number of rotatable bonds is 3. The highest BCUT2D eigenvalue weighted by Crippen LogP contribution is 2.30. The topological polar surface area (TPSA) is 71.5 Å². The van der Waals surface area contributed by atoms with E-state index in [1.165, 1.54) is 16.2 Å². The molecule has 2 heterocycles. The fourth-order valence-electron chi connectivity index (χ4n) is 3.19. The van der Waals surface area contributed by atoms with Crippen molar-refractivity contribution in [3.05, 3.63) is 23.3 Å². The van der Waals surface area contributed by atoms with E-state index >= 15 is 0 Å². The molecule has 0 saturated carbocycles. The van der Waals surface area contributed by atoms with Gasteiger partial charge in [-0.1, -0.05) is 17.4 Å². The Balaban J connectivity index is 1.54. The van der Waals surface area contributed by atoms with Crippen LogP contribution < -0.4 is 5.32 Å². The molecule has 0 radical (unpaired) electrons. The highest BCUT2D eigenvalue weighted by atomic mass is 32.1. The molecule has 28 heavy (non-hydrogen) atoms. The third kappa shape index (κ3) is 4.92. The molecule has 1 aromatic heterocycles. The van der Waals surface area contributed by atoms with Crippen LogP contribution in [0.5, 0.6) is 0 Å². The van der Waals surface area contributed by atoms with Crippen molar-refractivity contribution in [1.29, 1.82) is 0 Å². The number of aromatic nitrogens is 1. The van der Waals surface area contributed by atoms with Gasteiger partial charge in [-0.2, -0.15) is 13.2 Å². The van der Waals surface area contributed by atoms with Gasteiger partial charge in [0.25, 0.3) is 0 Å². The number of alkyl halides is 3. The smallest absolute Gasteiger partial charge is 0.422 e. The Labute approximate surface area is 163 Å². The van der Waals surface area contributed by atoms with Crippen molar-refractivity contribution in [2.24, 2.45) is 5.92 Å². The number of benzene rings is 1. The standard InChI is InChI=1S/C18H20F3N3O3S/c1-10-7-11(2)14-13(8-10)28-16(22-14)23-15(25)12-3-5-24(6-4-12)17(26)27-9-18(19,20)21/h7-8,12H,3-6,9H2,1-2H3,(H,22,23,25). The lowest BCUT2D eigenvalue weighted by molar-refractivity contribution is -0.162. The average Bonchev–Trinajstić information content (AvgIpc) is 3.01. The molecule has 3 rings (SSSR count). The molecule has 1 aromatic carbocycles. The summed E-state index contributed by atoms with van der Waals surface area (Å²) in [4.78, 5) is 29.8. The summed E-state index contributed by atoms with van der Waals surface area (Å²) in [6.07, 6.45) is -4.85. The minimum absolute atomic E-state index is 0.174. The number of carbonyl (C=O) groups is 2. The number of likely N-dealkylation sites (tertiary alicyclic amines) is 1. The third-order valence-electron chi connectivity index (χ3n) is 4.54. The van der Waals surface area contributed by atoms with Crippen LogP contribution in [-0.4, -0.2) is 47.8 Å². The largest absolute Gasteiger partial charge is 0.440 e. The van der Waals surface area contributed by atoms with Crippen LogP contribution in [0.25, 0.3) is 10.2 Å². The van der Waals surface area contributed by atoms with Crippen LogP contribution in [0, 0.1) is 19.8 Å². The molecule has 1 saturated heterocycles. The number of hydrogen-bond acceptors (Lipinski definition) is 5. The molecule has 1 aliphatic heterocycles. The van der Waals surface area contributed by atoms with Crippen LogP contribution in [0.15, 0.2) is 12.1 Å². The lowest BCUT2D eigenvalue weighted by Gasteiger charge is -2.30. The first-order valence-electron chi connectivity index (χ1n) is 8.79. The normalized spacial score (nSPS) is 15.7. The van der Waals surface area contributed by atoms with Crippen molar-refractivity contribution in [2.45, 2.75) is 32.9 Å². The zero-order chi connectivity index (χ0) is 20.5. The van der Waals surface area contributed by atoms with Crippen molar-refractivity contribution >= 4 is 38.7 Å². The van der Waals surface area contributed by atoms with Crippen LogP contribution in [0.1, 0.15) is 24.0 Å². The van der Waals surface area contributed by atoms with Gasteiger partial charge in [-0.15, -0.1) is 0 Å². The Kier molecular flexibility index (Phi) is 5.78. The quantitative estimate of drug-likeness (QED) is 0.813. The number of anilines is 1. The number of nitrogens with zero attached hydrogens (tertiary/aromatic N) is 2. The van der Waals surface area contributed by atoms with E-state index in [2.05, 4.69) is 15.0 Å². The molecule has 6 nitrogen and oxygen atoms in total. The highest BCUT2D eigenvalue weighted by Gasteiger charge is 2.33. The van der Waals surface area contributed by atoms with Crippen LogP contribution in [0.2, 0.25) is 0 Å². The molecule has 0 spiro atoms. The summed E-state index contributed by atoms with van der Waals surface area (Å²) in [7, 11) is 0. The minimum atomic E-state index is -4.55. The number of carbonyl (C=O) groups excluding carboxylic acids is 2. The van der Waals surface area contributed by atoms with Gasteiger partial charge in [0.05, 0.1) is 10.2 Å². The molecule has 2 amide bonds. The van der Waals surface area contributed by atoms with Crippen LogP contribution >= 0.6 is 11.3 Å². The molecular formula is C18H20F3N3O3S. The van der Waals surface area contributed by atoms with Gasteiger partial charge in [-0.25, -0.2) is 9.78 Å². The molecule has 0 unspecified atom stereocenters. The van der Waals surface area contributed by atoms with E-state index in [4.69, 9.17) is 0 Å². The van der Waals surface area contributed by atoms with Gasteiger partial charge in [-0.3, -0.25) is 4.79 Å². The summed E-state index contributed by atoms with van der Waals surface area (Å²) < 4.78 is 41.6. The number of nitrogens with one attached hydrogen (secondary N) is 1. The second-order valence-electron chi connectivity index (χ2n) is 6.87. The van der Waals surface area contributed by atoms with E-state index in [0.29, 0.717) is 18.0 Å². The number of hydrogen-bond donors (Lipinski definition) is 1. The van der Waals surface area contributed by atoms with Gasteiger partial charge in [0.2, 0.25) is 5.91 Å². The number of aryl methyl sites for hydroxylation is 2. The van der Waals surface area contributed by atoms with E-state index < -0.39 is 18.9 Å². The van der Waals surface area contributed by atoms with Gasteiger partial charge in [0, 0.05) is 19.0 Å². The lowest BCUT2D eigenvalue weighted by atomic mass is 9.96. The van der Waals surface area contributed by atoms with Gasteiger partial charge >= 0.3 is 12.3 Å². The first-order chi connectivity index (χ1) is 13.1. The fraction of sp³-hybridized carbons (Fsp3) is 0.500. The monoisotopic (exact) mass is 415 g/mol. The van der Waals surface area contributed by atoms with Crippen LogP contribution in [0.3, 0.4) is 0 Å². The van der Waals surface area contributed by atoms with Gasteiger partial charge in [-0.05, 0) is 43.9 Å². The number of fused-ring (bicyclic) bond motifs is 1. The zero-order valence-corrected chi connectivity index (χ0v) is 16.2. The number of thiazole rings is 1. The number of halogens is 3. The highest BCUT2D eigenvalue weighted by molar-refractivity contribution is 7.22. The maximum absolute atomic E-state index is 12.5. The molecule has 2 aromatic rings. The molecule has 152 valence electrons. The van der Waals surface area contributed by atoms with Crippen molar-refractivity contribution < 1.29 is 27.5 Å². The number of ether oxygens (including phenoxy) is 1. The van der Waals surface area contributed by atoms with Crippen LogP contribution in [-0.2, 0) is 9.53 Å². The van der Waals surface area contributed by atoms with Crippen molar-refractivity contribution in [1.82, 2.24) is 9.88 Å². The molecular weight excluding hydrogens is 395 g/mol. The van der Waals surface area contributed by atoms with Crippen molar-refractivity contribution in [2.75, 3.05) is 25.0 Å². The fourth-order valence-corrected chi connectivity index (χ4v) is 4.24. The van der Waals surface area contributed by atoms with E-state index in [1.807, 2.05) is 26.0 Å². The Morgan fingerprint density at radius 2 is 1.96 bits per heavy atom. The first kappa shape index (κ1) is 20.4. The molecule has 0 atom stereocenters. The summed E-state index contributed by atoms with van der Waals surface area (Å²) in [5.74, 6) is -0.529. The second kappa shape index (κ2) is 7.94. The molecule has 0 aliphatic carbocycles. The summed E-state index contributed by atoms with van der Waals surface area (Å²) >= 11 is 1.40. The second-order valence-corrected chi connectivity index (χ2v) is 7.90. The predicted octanol–water partition coefficient (Wildman–Crippen LogP) is 4.26. The van der Waals surface area contributed by atoms with E-state index in [0.717, 1.165) is 21.3 Å². The van der Waals surface area contributed by atoms with E-state index in [-0.39, 0.29) is 24.9 Å². The number of amides is 2. The van der Waals surface area contributed by atoms with E-state index in [9.17, 15) is 22.8 Å². The molecule has 1 aliphatic rings. The minimum Gasteiger partial charge on any atom is -0.440 e. The molecule has 10 heteroatoms.